The van der Waals surface area contributed by atoms with E-state index in [0.717, 1.165) is 5.56 Å². The van der Waals surface area contributed by atoms with Crippen LogP contribution in [0.15, 0.2) is 30.3 Å². The van der Waals surface area contributed by atoms with Gasteiger partial charge in [-0.15, -0.1) is 0 Å². The van der Waals surface area contributed by atoms with Crippen molar-refractivity contribution in [3.8, 4) is 0 Å². The van der Waals surface area contributed by atoms with E-state index in [9.17, 15) is 13.2 Å². The van der Waals surface area contributed by atoms with Gasteiger partial charge < -0.3 is 5.73 Å². The molecular weight excluding hydrogens is 264 g/mol. The zero-order valence-electron chi connectivity index (χ0n) is 11.0. The van der Waals surface area contributed by atoms with E-state index in [1.165, 1.54) is 0 Å². The van der Waals surface area contributed by atoms with E-state index in [4.69, 9.17) is 5.73 Å². The van der Waals surface area contributed by atoms with Gasteiger partial charge >= 0.3 is 0 Å². The predicted octanol–water partition coefficient (Wildman–Crippen LogP) is 1.32. The fourth-order valence-electron chi connectivity index (χ4n) is 1.70. The summed E-state index contributed by atoms with van der Waals surface area (Å²) in [7, 11) is -3.48. The van der Waals surface area contributed by atoms with E-state index in [0.29, 0.717) is 12.8 Å². The van der Waals surface area contributed by atoms with Gasteiger partial charge in [0.15, 0.2) is 0 Å². The molecule has 0 saturated carbocycles. The lowest BCUT2D eigenvalue weighted by Crippen LogP contribution is -2.32. The smallest absolute Gasteiger partial charge is 0.234 e. The lowest BCUT2D eigenvalue weighted by atomic mass is 10.0. The monoisotopic (exact) mass is 284 g/mol. The van der Waals surface area contributed by atoms with Gasteiger partial charge in [0.1, 0.15) is 0 Å². The van der Waals surface area contributed by atoms with Gasteiger partial charge in [0.05, 0.1) is 5.75 Å². The number of nitrogens with two attached hydrogens (primary N) is 1. The Kier molecular flexibility index (Phi) is 5.98. The molecule has 6 heteroatoms. The first kappa shape index (κ1) is 15.7. The second-order valence-corrected chi connectivity index (χ2v) is 6.24. The maximum Gasteiger partial charge on any atom is 0.234 e. The van der Waals surface area contributed by atoms with Crippen LogP contribution < -0.4 is 10.5 Å². The van der Waals surface area contributed by atoms with Crippen molar-refractivity contribution in [2.24, 2.45) is 5.73 Å². The molecule has 19 heavy (non-hydrogen) atoms. The Hall–Kier alpha value is -1.40. The molecule has 1 amide bonds. The zero-order chi connectivity index (χ0) is 14.3. The van der Waals surface area contributed by atoms with Crippen LogP contribution in [-0.4, -0.2) is 20.1 Å². The minimum Gasteiger partial charge on any atom is -0.324 e. The Morgan fingerprint density at radius 2 is 1.95 bits per heavy atom. The van der Waals surface area contributed by atoms with Crippen LogP contribution in [0, 0.1) is 0 Å². The molecule has 0 spiro atoms. The third-order valence-corrected chi connectivity index (χ3v) is 4.14. The average Bonchev–Trinajstić information content (AvgIpc) is 2.36. The highest BCUT2D eigenvalue weighted by molar-refractivity contribution is 7.90. The van der Waals surface area contributed by atoms with Crippen LogP contribution in [0.5, 0.6) is 0 Å². The molecule has 1 unspecified atom stereocenters. The van der Waals surface area contributed by atoms with Crippen LogP contribution in [0.1, 0.15) is 37.8 Å². The first-order valence-electron chi connectivity index (χ1n) is 6.28. The molecule has 1 rings (SSSR count). The lowest BCUT2D eigenvalue weighted by molar-refractivity contribution is -0.119. The maximum atomic E-state index is 11.5. The Morgan fingerprint density at radius 3 is 2.53 bits per heavy atom. The highest BCUT2D eigenvalue weighted by Crippen LogP contribution is 2.14. The number of nitrogens with one attached hydrogen (secondary N) is 1. The number of rotatable bonds is 7. The fourth-order valence-corrected chi connectivity index (χ4v) is 2.79. The quantitative estimate of drug-likeness (QED) is 0.790. The number of amides is 1. The number of benzene rings is 1. The second-order valence-electron chi connectivity index (χ2n) is 4.40. The van der Waals surface area contributed by atoms with Crippen molar-refractivity contribution in [1.82, 2.24) is 4.72 Å². The van der Waals surface area contributed by atoms with E-state index >= 15 is 0 Å². The van der Waals surface area contributed by atoms with Gasteiger partial charge in [-0.25, -0.2) is 8.42 Å². The topological polar surface area (TPSA) is 89.3 Å². The van der Waals surface area contributed by atoms with Crippen LogP contribution in [0.2, 0.25) is 0 Å². The van der Waals surface area contributed by atoms with Crippen molar-refractivity contribution < 1.29 is 13.2 Å². The average molecular weight is 284 g/mol. The van der Waals surface area contributed by atoms with Crippen LogP contribution in [0.25, 0.3) is 0 Å². The van der Waals surface area contributed by atoms with Crippen molar-refractivity contribution in [2.75, 3.05) is 5.75 Å². The Labute approximate surface area is 114 Å². The number of carbonyl (C=O) groups excluding carboxylic acids is 1. The van der Waals surface area contributed by atoms with Crippen molar-refractivity contribution in [3.63, 3.8) is 0 Å². The second kappa shape index (κ2) is 7.25. The highest BCUT2D eigenvalue weighted by atomic mass is 32.2. The lowest BCUT2D eigenvalue weighted by Gasteiger charge is -2.11. The molecule has 3 N–H and O–H groups in total. The van der Waals surface area contributed by atoms with Gasteiger partial charge in [-0.2, -0.15) is 0 Å². The van der Waals surface area contributed by atoms with Crippen molar-refractivity contribution in [2.45, 2.75) is 32.2 Å². The molecule has 5 nitrogen and oxygen atoms in total. The van der Waals surface area contributed by atoms with Gasteiger partial charge in [0.25, 0.3) is 0 Å². The molecule has 0 bridgehead atoms. The van der Waals surface area contributed by atoms with Gasteiger partial charge in [-0.3, -0.25) is 9.52 Å². The largest absolute Gasteiger partial charge is 0.324 e. The number of sulfonamides is 1. The third kappa shape index (κ3) is 5.85. The number of hydrogen-bond acceptors (Lipinski definition) is 4. The van der Waals surface area contributed by atoms with E-state index in [2.05, 4.69) is 0 Å². The van der Waals surface area contributed by atoms with E-state index in [-0.39, 0.29) is 18.2 Å². The number of hydrogen-bond donors (Lipinski definition) is 2. The number of carbonyl (C=O) groups is 1. The van der Waals surface area contributed by atoms with Gasteiger partial charge in [-0.05, 0) is 18.4 Å². The zero-order valence-corrected chi connectivity index (χ0v) is 11.8. The molecule has 0 fully saturated rings. The molecule has 1 atom stereocenters. The van der Waals surface area contributed by atoms with Crippen LogP contribution in [0.4, 0.5) is 0 Å². The molecule has 0 heterocycles. The Bertz CT molecular complexity index is 500. The van der Waals surface area contributed by atoms with Crippen molar-refractivity contribution >= 4 is 15.9 Å². The van der Waals surface area contributed by atoms with Gasteiger partial charge in [-0.1, -0.05) is 37.3 Å². The summed E-state index contributed by atoms with van der Waals surface area (Å²) >= 11 is 0. The van der Waals surface area contributed by atoms with E-state index < -0.39 is 15.9 Å². The first-order chi connectivity index (χ1) is 8.94. The predicted molar refractivity (Wildman–Crippen MR) is 74.8 cm³/mol. The normalized spacial score (nSPS) is 12.9. The van der Waals surface area contributed by atoms with Gasteiger partial charge in [0.2, 0.25) is 15.9 Å². The molecule has 0 aliphatic carbocycles. The molecule has 0 aliphatic rings. The summed E-state index contributed by atoms with van der Waals surface area (Å²) in [5, 5.41) is 0. The summed E-state index contributed by atoms with van der Waals surface area (Å²) in [5.41, 5.74) is 6.87. The molecule has 106 valence electrons. The standard InChI is InChI=1S/C13H20N2O3S/c1-2-10-19(17,18)15-13(16)9-8-12(14)11-6-4-3-5-7-11/h3-7,12H,2,8-10,14H2,1H3,(H,15,16). The van der Waals surface area contributed by atoms with Crippen LogP contribution in [0.3, 0.4) is 0 Å². The van der Waals surface area contributed by atoms with Crippen molar-refractivity contribution in [3.05, 3.63) is 35.9 Å². The summed E-state index contributed by atoms with van der Waals surface area (Å²) in [6.45, 7) is 1.75. The highest BCUT2D eigenvalue weighted by Gasteiger charge is 2.14. The van der Waals surface area contributed by atoms with E-state index in [1.54, 1.807) is 6.92 Å². The summed E-state index contributed by atoms with van der Waals surface area (Å²) in [6, 6.07) is 9.15. The molecule has 0 saturated heterocycles. The first-order valence-corrected chi connectivity index (χ1v) is 7.93. The maximum absolute atomic E-state index is 11.5. The van der Waals surface area contributed by atoms with Gasteiger partial charge in [0, 0.05) is 12.5 Å². The molecular formula is C13H20N2O3S. The molecule has 0 radical (unpaired) electrons. The molecule has 1 aromatic rings. The summed E-state index contributed by atoms with van der Waals surface area (Å²) in [5.74, 6) is -0.538. The summed E-state index contributed by atoms with van der Waals surface area (Å²) in [4.78, 5) is 11.5. The Balaban J connectivity index is 2.43. The molecule has 0 aromatic heterocycles. The SMILES string of the molecule is CCCS(=O)(=O)NC(=O)CCC(N)c1ccccc1. The van der Waals surface area contributed by atoms with Crippen LogP contribution >= 0.6 is 0 Å². The van der Waals surface area contributed by atoms with Crippen LogP contribution in [-0.2, 0) is 14.8 Å². The minimum atomic E-state index is -3.48. The summed E-state index contributed by atoms with van der Waals surface area (Å²) < 4.78 is 24.8. The molecule has 1 aromatic carbocycles. The van der Waals surface area contributed by atoms with Crippen molar-refractivity contribution in [1.29, 1.82) is 0 Å². The Morgan fingerprint density at radius 1 is 1.32 bits per heavy atom. The summed E-state index contributed by atoms with van der Waals surface area (Å²) in [6.07, 6.45) is 0.989. The molecule has 0 aliphatic heterocycles. The third-order valence-electron chi connectivity index (χ3n) is 2.65. The minimum absolute atomic E-state index is 0.0382. The fraction of sp³-hybridized carbons (Fsp3) is 0.462. The van der Waals surface area contributed by atoms with E-state index in [1.807, 2.05) is 35.1 Å².